The summed E-state index contributed by atoms with van der Waals surface area (Å²) in [5, 5.41) is 0. The number of rotatable bonds is 4. The Bertz CT molecular complexity index is 606. The molecule has 0 saturated carbocycles. The number of nitrogens with one attached hydrogen (secondary N) is 1. The smallest absolute Gasteiger partial charge is 0.164 e. The van der Waals surface area contributed by atoms with Crippen molar-refractivity contribution >= 4 is 17.6 Å². The molecule has 3 N–H and O–H groups in total. The number of thioether (sulfide) groups is 1. The fourth-order valence-electron chi connectivity index (χ4n) is 2.33. The number of methoxy groups -OCH3 is 1. The molecule has 0 bridgehead atoms. The molecule has 0 aliphatic carbocycles. The standard InChI is InChI=1S/C14H16N4OS/c1-19-12(9-5-3-2-4-6-9)14-16-11-8-20-7-10(11)13(17-14)18-15/h2-6,12H,7-8,15H2,1H3,(H,16,17,18). The molecule has 0 spiro atoms. The summed E-state index contributed by atoms with van der Waals surface area (Å²) in [5.41, 5.74) is 5.86. The predicted octanol–water partition coefficient (Wildman–Crippen LogP) is 2.24. The first-order valence-electron chi connectivity index (χ1n) is 6.35. The lowest BCUT2D eigenvalue weighted by molar-refractivity contribution is 0.129. The van der Waals surface area contributed by atoms with Crippen molar-refractivity contribution in [3.05, 3.63) is 53.0 Å². The molecule has 1 unspecified atom stereocenters. The number of hydrogen-bond acceptors (Lipinski definition) is 6. The molecule has 0 fully saturated rings. The van der Waals surface area contributed by atoms with E-state index in [9.17, 15) is 0 Å². The Labute approximate surface area is 121 Å². The molecule has 3 rings (SSSR count). The maximum Gasteiger partial charge on any atom is 0.164 e. The van der Waals surface area contributed by atoms with Gasteiger partial charge in [-0.25, -0.2) is 15.8 Å². The molecule has 1 aromatic heterocycles. The molecule has 1 aliphatic rings. The number of benzene rings is 1. The van der Waals surface area contributed by atoms with Crippen molar-refractivity contribution in [1.82, 2.24) is 9.97 Å². The van der Waals surface area contributed by atoms with Gasteiger partial charge in [0.2, 0.25) is 0 Å². The minimum Gasteiger partial charge on any atom is -0.369 e. The highest BCUT2D eigenvalue weighted by Crippen LogP contribution is 2.34. The Balaban J connectivity index is 2.05. The third-order valence-corrected chi connectivity index (χ3v) is 4.27. The van der Waals surface area contributed by atoms with Gasteiger partial charge in [-0.05, 0) is 5.56 Å². The quantitative estimate of drug-likeness (QED) is 0.664. The second kappa shape index (κ2) is 5.78. The Kier molecular flexibility index (Phi) is 3.86. The molecule has 1 atom stereocenters. The van der Waals surface area contributed by atoms with Crippen LogP contribution in [0.1, 0.15) is 28.7 Å². The van der Waals surface area contributed by atoms with Crippen LogP contribution in [0, 0.1) is 0 Å². The molecule has 2 aromatic rings. The molecule has 6 heteroatoms. The number of hydrogen-bond donors (Lipinski definition) is 2. The van der Waals surface area contributed by atoms with Gasteiger partial charge in [-0.3, -0.25) is 0 Å². The molecule has 1 aromatic carbocycles. The zero-order valence-corrected chi connectivity index (χ0v) is 12.0. The molecule has 0 amide bonds. The summed E-state index contributed by atoms with van der Waals surface area (Å²) in [6, 6.07) is 9.95. The van der Waals surface area contributed by atoms with Crippen molar-refractivity contribution in [2.75, 3.05) is 12.5 Å². The monoisotopic (exact) mass is 288 g/mol. The summed E-state index contributed by atoms with van der Waals surface area (Å²) < 4.78 is 5.58. The van der Waals surface area contributed by atoms with Gasteiger partial charge in [-0.2, -0.15) is 11.8 Å². The molecule has 1 aliphatic heterocycles. The van der Waals surface area contributed by atoms with Gasteiger partial charge in [0.25, 0.3) is 0 Å². The summed E-state index contributed by atoms with van der Waals surface area (Å²) in [7, 11) is 1.67. The van der Waals surface area contributed by atoms with Crippen LogP contribution < -0.4 is 11.3 Å². The van der Waals surface area contributed by atoms with Crippen molar-refractivity contribution in [1.29, 1.82) is 0 Å². The maximum absolute atomic E-state index is 5.58. The maximum atomic E-state index is 5.58. The Morgan fingerprint density at radius 2 is 2.05 bits per heavy atom. The molecular formula is C14H16N4OS. The van der Waals surface area contributed by atoms with Crippen LogP contribution in [0.25, 0.3) is 0 Å². The third kappa shape index (κ3) is 2.37. The SMILES string of the molecule is COC(c1ccccc1)c1nc2c(c(NN)n1)CSC2. The number of nitrogens with zero attached hydrogens (tertiary/aromatic N) is 2. The van der Waals surface area contributed by atoms with Crippen LogP contribution in [0.4, 0.5) is 5.82 Å². The number of aromatic nitrogens is 2. The van der Waals surface area contributed by atoms with Gasteiger partial charge >= 0.3 is 0 Å². The van der Waals surface area contributed by atoms with Crippen molar-refractivity contribution in [2.24, 2.45) is 5.84 Å². The molecular weight excluding hydrogens is 272 g/mol. The number of anilines is 1. The van der Waals surface area contributed by atoms with Gasteiger partial charge in [-0.15, -0.1) is 0 Å². The Morgan fingerprint density at radius 1 is 1.25 bits per heavy atom. The van der Waals surface area contributed by atoms with Crippen LogP contribution in [0.2, 0.25) is 0 Å². The van der Waals surface area contributed by atoms with Crippen LogP contribution in [0.5, 0.6) is 0 Å². The first-order valence-corrected chi connectivity index (χ1v) is 7.50. The van der Waals surface area contributed by atoms with Crippen LogP contribution in [-0.2, 0) is 16.2 Å². The van der Waals surface area contributed by atoms with Gasteiger partial charge in [0.1, 0.15) is 11.9 Å². The van der Waals surface area contributed by atoms with Gasteiger partial charge in [0.05, 0.1) is 5.69 Å². The number of hydrazine groups is 1. The molecule has 104 valence electrons. The minimum atomic E-state index is -0.279. The number of nitrogen functional groups attached to an aromatic ring is 1. The summed E-state index contributed by atoms with van der Waals surface area (Å²) in [6.07, 6.45) is -0.279. The van der Waals surface area contributed by atoms with Crippen LogP contribution in [0.3, 0.4) is 0 Å². The van der Waals surface area contributed by atoms with Crippen molar-refractivity contribution < 1.29 is 4.74 Å². The summed E-state index contributed by atoms with van der Waals surface area (Å²) in [5.74, 6) is 8.72. The first-order chi connectivity index (χ1) is 9.83. The van der Waals surface area contributed by atoms with E-state index in [4.69, 9.17) is 10.6 Å². The average Bonchev–Trinajstić information content (AvgIpc) is 2.97. The minimum absolute atomic E-state index is 0.279. The van der Waals surface area contributed by atoms with E-state index >= 15 is 0 Å². The lowest BCUT2D eigenvalue weighted by atomic mass is 10.1. The molecule has 2 heterocycles. The Morgan fingerprint density at radius 3 is 2.75 bits per heavy atom. The second-order valence-corrected chi connectivity index (χ2v) is 5.50. The lowest BCUT2D eigenvalue weighted by Gasteiger charge is -2.16. The highest BCUT2D eigenvalue weighted by molar-refractivity contribution is 7.98. The van der Waals surface area contributed by atoms with E-state index in [0.717, 1.165) is 28.3 Å². The molecule has 20 heavy (non-hydrogen) atoms. The first kappa shape index (κ1) is 13.4. The van der Waals surface area contributed by atoms with Crippen molar-refractivity contribution in [3.8, 4) is 0 Å². The largest absolute Gasteiger partial charge is 0.369 e. The second-order valence-electron chi connectivity index (χ2n) is 4.52. The van der Waals surface area contributed by atoms with Crippen molar-refractivity contribution in [2.45, 2.75) is 17.6 Å². The molecule has 0 saturated heterocycles. The fourth-order valence-corrected chi connectivity index (χ4v) is 3.37. The van der Waals surface area contributed by atoms with E-state index in [-0.39, 0.29) is 6.10 Å². The van der Waals surface area contributed by atoms with E-state index in [0.29, 0.717) is 11.6 Å². The summed E-state index contributed by atoms with van der Waals surface area (Å²) >= 11 is 1.82. The van der Waals surface area contributed by atoms with Crippen LogP contribution >= 0.6 is 11.8 Å². The highest BCUT2D eigenvalue weighted by atomic mass is 32.2. The molecule has 5 nitrogen and oxygen atoms in total. The topological polar surface area (TPSA) is 73.1 Å². The van der Waals surface area contributed by atoms with Crippen LogP contribution in [0.15, 0.2) is 30.3 Å². The predicted molar refractivity (Wildman–Crippen MR) is 80.1 cm³/mol. The van der Waals surface area contributed by atoms with Gasteiger partial charge in [-0.1, -0.05) is 30.3 Å². The van der Waals surface area contributed by atoms with Gasteiger partial charge < -0.3 is 10.2 Å². The number of ether oxygens (including phenoxy) is 1. The van der Waals surface area contributed by atoms with E-state index in [2.05, 4.69) is 15.4 Å². The highest BCUT2D eigenvalue weighted by Gasteiger charge is 2.23. The Hall–Kier alpha value is -1.63. The van der Waals surface area contributed by atoms with Gasteiger partial charge in [0.15, 0.2) is 5.82 Å². The number of nitrogens with two attached hydrogens (primary N) is 1. The fraction of sp³-hybridized carbons (Fsp3) is 0.286. The molecule has 0 radical (unpaired) electrons. The zero-order valence-electron chi connectivity index (χ0n) is 11.2. The van der Waals surface area contributed by atoms with E-state index in [1.807, 2.05) is 42.1 Å². The lowest BCUT2D eigenvalue weighted by Crippen LogP contribution is -2.16. The average molecular weight is 288 g/mol. The zero-order chi connectivity index (χ0) is 13.9. The normalized spacial score (nSPS) is 14.9. The van der Waals surface area contributed by atoms with Gasteiger partial charge in [0, 0.05) is 24.2 Å². The van der Waals surface area contributed by atoms with Crippen LogP contribution in [-0.4, -0.2) is 17.1 Å². The van der Waals surface area contributed by atoms with Crippen molar-refractivity contribution in [3.63, 3.8) is 0 Å². The summed E-state index contributed by atoms with van der Waals surface area (Å²) in [4.78, 5) is 9.18. The third-order valence-electron chi connectivity index (χ3n) is 3.30. The van der Waals surface area contributed by atoms with E-state index < -0.39 is 0 Å². The summed E-state index contributed by atoms with van der Waals surface area (Å²) in [6.45, 7) is 0. The number of fused-ring (bicyclic) bond motifs is 1. The van der Waals surface area contributed by atoms with E-state index in [1.165, 1.54) is 0 Å². The van der Waals surface area contributed by atoms with E-state index in [1.54, 1.807) is 7.11 Å².